The number of rotatable bonds is 2. The third-order valence-electron chi connectivity index (χ3n) is 4.60. The molecular weight excluding hydrogens is 276 g/mol. The van der Waals surface area contributed by atoms with Gasteiger partial charge in [-0.05, 0) is 48.9 Å². The average Bonchev–Trinajstić information content (AvgIpc) is 2.80. The average molecular weight is 292 g/mol. The number of hydrogen-bond donors (Lipinski definition) is 0. The highest BCUT2D eigenvalue weighted by Crippen LogP contribution is 2.28. The maximum absolute atomic E-state index is 12.4. The lowest BCUT2D eigenvalue weighted by atomic mass is 9.86. The summed E-state index contributed by atoms with van der Waals surface area (Å²) in [5.41, 5.74) is 3.47. The van der Waals surface area contributed by atoms with Crippen molar-refractivity contribution in [1.29, 1.82) is 0 Å². The first-order valence-electron chi connectivity index (χ1n) is 7.62. The first-order valence-corrected chi connectivity index (χ1v) is 7.62. The van der Waals surface area contributed by atoms with Gasteiger partial charge in [0.1, 0.15) is 0 Å². The molecule has 0 saturated heterocycles. The fourth-order valence-corrected chi connectivity index (χ4v) is 3.46. The minimum Gasteiger partial charge on any atom is -0.274 e. The molecule has 110 valence electrons. The lowest BCUT2D eigenvalue weighted by Gasteiger charge is -2.27. The Morgan fingerprint density at radius 1 is 1.05 bits per heavy atom. The highest BCUT2D eigenvalue weighted by molar-refractivity contribution is 6.21. The van der Waals surface area contributed by atoms with Crippen LogP contribution in [0.25, 0.3) is 0 Å². The van der Waals surface area contributed by atoms with Crippen molar-refractivity contribution in [3.05, 3.63) is 65.0 Å². The molecule has 0 spiro atoms. The van der Waals surface area contributed by atoms with E-state index in [1.807, 2.05) is 12.3 Å². The van der Waals surface area contributed by atoms with Crippen LogP contribution in [0.1, 0.15) is 38.4 Å². The number of imide groups is 1. The second-order valence-corrected chi connectivity index (χ2v) is 5.98. The SMILES string of the molecule is O=C1c2ccccc2C(=O)N1CC1CCc2ncccc2C1. The summed E-state index contributed by atoms with van der Waals surface area (Å²) in [4.78, 5) is 30.7. The van der Waals surface area contributed by atoms with Crippen LogP contribution in [0.4, 0.5) is 0 Å². The van der Waals surface area contributed by atoms with Crippen LogP contribution in [-0.4, -0.2) is 28.2 Å². The normalized spacial score (nSPS) is 20.0. The molecule has 0 N–H and O–H groups in total. The third kappa shape index (κ3) is 2.03. The Bertz CT molecular complexity index is 734. The topological polar surface area (TPSA) is 50.3 Å². The molecule has 0 fully saturated rings. The zero-order chi connectivity index (χ0) is 15.1. The zero-order valence-electron chi connectivity index (χ0n) is 12.2. The van der Waals surface area contributed by atoms with E-state index in [0.29, 0.717) is 23.6 Å². The summed E-state index contributed by atoms with van der Waals surface area (Å²) >= 11 is 0. The van der Waals surface area contributed by atoms with E-state index in [0.717, 1.165) is 25.0 Å². The smallest absolute Gasteiger partial charge is 0.261 e. The van der Waals surface area contributed by atoms with Gasteiger partial charge in [-0.1, -0.05) is 18.2 Å². The fraction of sp³-hybridized carbons (Fsp3) is 0.278. The van der Waals surface area contributed by atoms with Gasteiger partial charge in [-0.25, -0.2) is 0 Å². The van der Waals surface area contributed by atoms with Crippen molar-refractivity contribution >= 4 is 11.8 Å². The van der Waals surface area contributed by atoms with Crippen LogP contribution >= 0.6 is 0 Å². The lowest BCUT2D eigenvalue weighted by Crippen LogP contribution is -2.36. The highest BCUT2D eigenvalue weighted by atomic mass is 16.2. The molecule has 4 rings (SSSR count). The number of carbonyl (C=O) groups excluding carboxylic acids is 2. The van der Waals surface area contributed by atoms with E-state index in [-0.39, 0.29) is 11.8 Å². The molecule has 1 atom stereocenters. The number of amides is 2. The molecule has 1 aromatic carbocycles. The minimum atomic E-state index is -0.155. The van der Waals surface area contributed by atoms with Gasteiger partial charge in [-0.2, -0.15) is 0 Å². The highest BCUT2D eigenvalue weighted by Gasteiger charge is 2.36. The first-order chi connectivity index (χ1) is 10.7. The van der Waals surface area contributed by atoms with Crippen LogP contribution < -0.4 is 0 Å². The summed E-state index contributed by atoms with van der Waals surface area (Å²) in [5.74, 6) is 0.00841. The van der Waals surface area contributed by atoms with E-state index in [1.54, 1.807) is 24.3 Å². The number of aryl methyl sites for hydroxylation is 1. The van der Waals surface area contributed by atoms with Gasteiger partial charge < -0.3 is 0 Å². The second kappa shape index (κ2) is 5.05. The Morgan fingerprint density at radius 3 is 2.50 bits per heavy atom. The van der Waals surface area contributed by atoms with Crippen molar-refractivity contribution in [3.63, 3.8) is 0 Å². The number of pyridine rings is 1. The number of aromatic nitrogens is 1. The first kappa shape index (κ1) is 13.2. The summed E-state index contributed by atoms with van der Waals surface area (Å²) in [5, 5.41) is 0. The number of benzene rings is 1. The van der Waals surface area contributed by atoms with Gasteiger partial charge in [0.05, 0.1) is 11.1 Å². The molecule has 22 heavy (non-hydrogen) atoms. The quantitative estimate of drug-likeness (QED) is 0.799. The van der Waals surface area contributed by atoms with E-state index in [9.17, 15) is 9.59 Å². The molecule has 1 unspecified atom stereocenters. The molecule has 1 aliphatic carbocycles. The van der Waals surface area contributed by atoms with E-state index in [1.165, 1.54) is 10.5 Å². The van der Waals surface area contributed by atoms with Gasteiger partial charge in [0.2, 0.25) is 0 Å². The fourth-order valence-electron chi connectivity index (χ4n) is 3.46. The Morgan fingerprint density at radius 2 is 1.77 bits per heavy atom. The van der Waals surface area contributed by atoms with Crippen molar-refractivity contribution < 1.29 is 9.59 Å². The van der Waals surface area contributed by atoms with Crippen molar-refractivity contribution in [2.45, 2.75) is 19.3 Å². The molecular formula is C18H16N2O2. The Labute approximate surface area is 128 Å². The molecule has 0 saturated carbocycles. The van der Waals surface area contributed by atoms with Gasteiger partial charge in [-0.15, -0.1) is 0 Å². The monoisotopic (exact) mass is 292 g/mol. The van der Waals surface area contributed by atoms with Crippen molar-refractivity contribution in [3.8, 4) is 0 Å². The van der Waals surface area contributed by atoms with E-state index >= 15 is 0 Å². The maximum atomic E-state index is 12.4. The van der Waals surface area contributed by atoms with Crippen molar-refractivity contribution in [1.82, 2.24) is 9.88 Å². The lowest BCUT2D eigenvalue weighted by molar-refractivity contribution is 0.0624. The molecule has 2 heterocycles. The van der Waals surface area contributed by atoms with Crippen LogP contribution in [0.2, 0.25) is 0 Å². The second-order valence-electron chi connectivity index (χ2n) is 5.98. The predicted molar refractivity (Wildman–Crippen MR) is 81.6 cm³/mol. The molecule has 4 nitrogen and oxygen atoms in total. The number of carbonyl (C=O) groups is 2. The molecule has 2 aliphatic rings. The van der Waals surface area contributed by atoms with Crippen molar-refractivity contribution in [2.24, 2.45) is 5.92 Å². The summed E-state index contributed by atoms with van der Waals surface area (Å²) in [6, 6.07) is 11.1. The van der Waals surface area contributed by atoms with Crippen LogP contribution in [0.15, 0.2) is 42.6 Å². The molecule has 4 heteroatoms. The van der Waals surface area contributed by atoms with Crippen LogP contribution in [0.5, 0.6) is 0 Å². The minimum absolute atomic E-state index is 0.155. The summed E-state index contributed by atoms with van der Waals surface area (Å²) in [6.07, 6.45) is 4.60. The van der Waals surface area contributed by atoms with Crippen LogP contribution in [0.3, 0.4) is 0 Å². The summed E-state index contributed by atoms with van der Waals surface area (Å²) in [7, 11) is 0. The van der Waals surface area contributed by atoms with Crippen LogP contribution in [-0.2, 0) is 12.8 Å². The maximum Gasteiger partial charge on any atom is 0.261 e. The standard InChI is InChI=1S/C18H16N2O2/c21-17-14-5-1-2-6-15(14)18(22)20(17)11-12-7-8-16-13(10-12)4-3-9-19-16/h1-6,9,12H,7-8,10-11H2. The van der Waals surface area contributed by atoms with Gasteiger partial charge in [0.15, 0.2) is 0 Å². The van der Waals surface area contributed by atoms with Gasteiger partial charge in [0.25, 0.3) is 11.8 Å². The third-order valence-corrected chi connectivity index (χ3v) is 4.60. The number of hydrogen-bond acceptors (Lipinski definition) is 3. The Kier molecular flexibility index (Phi) is 3.03. The molecule has 0 bridgehead atoms. The molecule has 2 amide bonds. The van der Waals surface area contributed by atoms with E-state index in [2.05, 4.69) is 11.1 Å². The van der Waals surface area contributed by atoms with Crippen molar-refractivity contribution in [2.75, 3.05) is 6.54 Å². The Hall–Kier alpha value is -2.49. The summed E-state index contributed by atoms with van der Waals surface area (Å²) in [6.45, 7) is 0.501. The predicted octanol–water partition coefficient (Wildman–Crippen LogP) is 2.48. The molecule has 2 aromatic rings. The van der Waals surface area contributed by atoms with E-state index < -0.39 is 0 Å². The van der Waals surface area contributed by atoms with Gasteiger partial charge in [-0.3, -0.25) is 19.5 Å². The number of nitrogens with zero attached hydrogens (tertiary/aromatic N) is 2. The van der Waals surface area contributed by atoms with Crippen LogP contribution in [0, 0.1) is 5.92 Å². The molecule has 1 aliphatic heterocycles. The van der Waals surface area contributed by atoms with Gasteiger partial charge >= 0.3 is 0 Å². The Balaban J connectivity index is 1.54. The zero-order valence-corrected chi connectivity index (χ0v) is 12.2. The number of fused-ring (bicyclic) bond motifs is 2. The van der Waals surface area contributed by atoms with Gasteiger partial charge in [0, 0.05) is 18.4 Å². The molecule has 1 aromatic heterocycles. The molecule has 0 radical (unpaired) electrons. The summed E-state index contributed by atoms with van der Waals surface area (Å²) < 4.78 is 0. The largest absolute Gasteiger partial charge is 0.274 e. The van der Waals surface area contributed by atoms with E-state index in [4.69, 9.17) is 0 Å².